The molecule has 0 bridgehead atoms. The van der Waals surface area contributed by atoms with Gasteiger partial charge in [-0.15, -0.1) is 0 Å². The molecule has 126 valence electrons. The Bertz CT molecular complexity index is 628. The molecule has 0 radical (unpaired) electrons. The summed E-state index contributed by atoms with van der Waals surface area (Å²) < 4.78 is 16.8. The van der Waals surface area contributed by atoms with E-state index in [4.69, 9.17) is 14.2 Å². The molecule has 1 rings (SSSR count). The van der Waals surface area contributed by atoms with Gasteiger partial charge < -0.3 is 19.3 Å². The SMILES string of the molecule is CC(C)(C)Oc1ccc(C(=O)O)c(OC=C=O)c1OC(C)(C)C. The molecule has 1 aromatic rings. The molecule has 0 fully saturated rings. The Morgan fingerprint density at radius 1 is 1.04 bits per heavy atom. The number of carbonyl (C=O) groups is 1. The van der Waals surface area contributed by atoms with Crippen molar-refractivity contribution < 1.29 is 28.9 Å². The zero-order chi connectivity index (χ0) is 17.8. The molecule has 1 aromatic carbocycles. The van der Waals surface area contributed by atoms with Crippen LogP contribution in [-0.2, 0) is 4.79 Å². The Morgan fingerprint density at radius 3 is 2.04 bits per heavy atom. The summed E-state index contributed by atoms with van der Waals surface area (Å²) in [4.78, 5) is 21.9. The van der Waals surface area contributed by atoms with Crippen LogP contribution in [0.2, 0.25) is 0 Å². The summed E-state index contributed by atoms with van der Waals surface area (Å²) in [5, 5.41) is 9.32. The van der Waals surface area contributed by atoms with Crippen LogP contribution >= 0.6 is 0 Å². The minimum atomic E-state index is -1.21. The van der Waals surface area contributed by atoms with Crippen LogP contribution < -0.4 is 14.2 Å². The normalized spacial score (nSPS) is 11.4. The van der Waals surface area contributed by atoms with Gasteiger partial charge in [0.2, 0.25) is 5.75 Å². The number of rotatable bonds is 5. The number of aromatic carboxylic acids is 1. The van der Waals surface area contributed by atoms with Gasteiger partial charge in [0.15, 0.2) is 23.7 Å². The Balaban J connectivity index is 3.58. The maximum Gasteiger partial charge on any atom is 0.339 e. The van der Waals surface area contributed by atoms with E-state index in [-0.39, 0.29) is 17.1 Å². The summed E-state index contributed by atoms with van der Waals surface area (Å²) in [5.74, 6) is 0.596. The van der Waals surface area contributed by atoms with Gasteiger partial charge in [-0.05, 0) is 53.7 Å². The lowest BCUT2D eigenvalue weighted by molar-refractivity contribution is 0.0687. The molecule has 23 heavy (non-hydrogen) atoms. The molecule has 0 amide bonds. The van der Waals surface area contributed by atoms with Crippen LogP contribution in [0.1, 0.15) is 51.9 Å². The highest BCUT2D eigenvalue weighted by Crippen LogP contribution is 2.43. The third kappa shape index (κ3) is 5.68. The van der Waals surface area contributed by atoms with Gasteiger partial charge in [0, 0.05) is 0 Å². The molecule has 0 atom stereocenters. The maximum absolute atomic E-state index is 11.4. The molecule has 1 N–H and O–H groups in total. The van der Waals surface area contributed by atoms with Gasteiger partial charge in [0.25, 0.3) is 0 Å². The lowest BCUT2D eigenvalue weighted by Crippen LogP contribution is -2.27. The molecule has 0 spiro atoms. The fourth-order valence-electron chi connectivity index (χ4n) is 1.73. The quantitative estimate of drug-likeness (QED) is 0.660. The van der Waals surface area contributed by atoms with Crippen molar-refractivity contribution in [1.29, 1.82) is 0 Å². The van der Waals surface area contributed by atoms with E-state index in [2.05, 4.69) is 0 Å². The molecule has 0 aliphatic carbocycles. The molecule has 0 saturated carbocycles. The Morgan fingerprint density at radius 2 is 1.61 bits per heavy atom. The van der Waals surface area contributed by atoms with E-state index in [0.29, 0.717) is 5.75 Å². The van der Waals surface area contributed by atoms with E-state index in [9.17, 15) is 14.7 Å². The average molecular weight is 322 g/mol. The number of hydrogen-bond donors (Lipinski definition) is 1. The van der Waals surface area contributed by atoms with E-state index in [1.165, 1.54) is 18.1 Å². The van der Waals surface area contributed by atoms with Crippen LogP contribution in [0, 0.1) is 0 Å². The van der Waals surface area contributed by atoms with Crippen molar-refractivity contribution in [2.24, 2.45) is 0 Å². The van der Waals surface area contributed by atoms with Gasteiger partial charge in [-0.3, -0.25) is 0 Å². The van der Waals surface area contributed by atoms with Crippen molar-refractivity contribution in [1.82, 2.24) is 0 Å². The number of carboxylic acid groups (broad SMARTS) is 1. The van der Waals surface area contributed by atoms with Crippen molar-refractivity contribution in [2.45, 2.75) is 52.7 Å². The average Bonchev–Trinajstić information content (AvgIpc) is 2.35. The number of ether oxygens (including phenoxy) is 3. The van der Waals surface area contributed by atoms with Crippen LogP contribution in [0.3, 0.4) is 0 Å². The van der Waals surface area contributed by atoms with E-state index >= 15 is 0 Å². The summed E-state index contributed by atoms with van der Waals surface area (Å²) >= 11 is 0. The Hall–Kier alpha value is -2.46. The third-order valence-corrected chi connectivity index (χ3v) is 2.36. The van der Waals surface area contributed by atoms with E-state index < -0.39 is 17.2 Å². The summed E-state index contributed by atoms with van der Waals surface area (Å²) in [6.45, 7) is 11.0. The van der Waals surface area contributed by atoms with Crippen LogP contribution in [0.25, 0.3) is 0 Å². The molecule has 0 aromatic heterocycles. The van der Waals surface area contributed by atoms with Gasteiger partial charge in [0.1, 0.15) is 16.8 Å². The van der Waals surface area contributed by atoms with Gasteiger partial charge in [-0.25, -0.2) is 9.59 Å². The maximum atomic E-state index is 11.4. The first-order chi connectivity index (χ1) is 10.4. The molecule has 6 nitrogen and oxygen atoms in total. The molecular formula is C17H22O6. The van der Waals surface area contributed by atoms with Crippen molar-refractivity contribution in [3.63, 3.8) is 0 Å². The Labute approximate surface area is 135 Å². The third-order valence-electron chi connectivity index (χ3n) is 2.36. The number of benzene rings is 1. The lowest BCUT2D eigenvalue weighted by atomic mass is 10.1. The molecule has 0 saturated heterocycles. The second-order valence-electron chi connectivity index (χ2n) is 6.86. The van der Waals surface area contributed by atoms with Crippen molar-refractivity contribution in [3.05, 3.63) is 24.0 Å². The first-order valence-electron chi connectivity index (χ1n) is 7.09. The van der Waals surface area contributed by atoms with Gasteiger partial charge in [-0.2, -0.15) is 0 Å². The highest BCUT2D eigenvalue weighted by molar-refractivity contribution is 5.92. The van der Waals surface area contributed by atoms with Gasteiger partial charge >= 0.3 is 5.97 Å². The van der Waals surface area contributed by atoms with Crippen molar-refractivity contribution in [3.8, 4) is 17.2 Å². The number of carbonyl (C=O) groups excluding carboxylic acids is 1. The van der Waals surface area contributed by atoms with Crippen LogP contribution in [0.5, 0.6) is 17.2 Å². The molecular weight excluding hydrogens is 300 g/mol. The largest absolute Gasteiger partial charge is 0.484 e. The highest BCUT2D eigenvalue weighted by Gasteiger charge is 2.27. The van der Waals surface area contributed by atoms with E-state index in [0.717, 1.165) is 6.26 Å². The minimum Gasteiger partial charge on any atom is -0.484 e. The Kier molecular flexibility index (Phi) is 5.46. The summed E-state index contributed by atoms with van der Waals surface area (Å²) in [6, 6.07) is 2.85. The predicted molar refractivity (Wildman–Crippen MR) is 85.1 cm³/mol. The van der Waals surface area contributed by atoms with Gasteiger partial charge in [0.05, 0.1) is 0 Å². The summed E-state index contributed by atoms with van der Waals surface area (Å²) in [6.07, 6.45) is 0.734. The first kappa shape index (κ1) is 18.6. The van der Waals surface area contributed by atoms with Crippen LogP contribution in [0.4, 0.5) is 0 Å². The molecule has 0 aliphatic rings. The second-order valence-corrected chi connectivity index (χ2v) is 6.86. The minimum absolute atomic E-state index is 0.0995. The molecule has 0 aliphatic heterocycles. The number of hydrogen-bond acceptors (Lipinski definition) is 5. The second kappa shape index (κ2) is 6.75. The zero-order valence-corrected chi connectivity index (χ0v) is 14.2. The zero-order valence-electron chi connectivity index (χ0n) is 14.2. The fraction of sp³-hybridized carbons (Fsp3) is 0.471. The van der Waals surface area contributed by atoms with E-state index in [1.54, 1.807) is 20.8 Å². The smallest absolute Gasteiger partial charge is 0.339 e. The van der Waals surface area contributed by atoms with Gasteiger partial charge in [-0.1, -0.05) is 0 Å². The predicted octanol–water partition coefficient (Wildman–Crippen LogP) is 3.46. The van der Waals surface area contributed by atoms with Crippen molar-refractivity contribution in [2.75, 3.05) is 0 Å². The highest BCUT2D eigenvalue weighted by atomic mass is 16.6. The lowest BCUT2D eigenvalue weighted by Gasteiger charge is -2.28. The number of carboxylic acids is 1. The molecule has 0 heterocycles. The van der Waals surface area contributed by atoms with Crippen molar-refractivity contribution >= 4 is 11.9 Å². The fourth-order valence-corrected chi connectivity index (χ4v) is 1.73. The summed E-state index contributed by atoms with van der Waals surface area (Å²) in [7, 11) is 0. The standard InChI is InChI=1S/C17H22O6/c1-16(2,3)22-12-8-7-11(15(19)20)13(21-10-9-18)14(12)23-17(4,5)6/h7-8,10H,1-6H3,(H,19,20). The summed E-state index contributed by atoms with van der Waals surface area (Å²) in [5.41, 5.74) is -1.30. The van der Waals surface area contributed by atoms with Crippen LogP contribution in [-0.4, -0.2) is 28.2 Å². The molecule has 6 heteroatoms. The first-order valence-corrected chi connectivity index (χ1v) is 7.09. The van der Waals surface area contributed by atoms with Crippen LogP contribution in [0.15, 0.2) is 18.4 Å². The molecule has 0 unspecified atom stereocenters. The monoisotopic (exact) mass is 322 g/mol. The van der Waals surface area contributed by atoms with E-state index in [1.807, 2.05) is 20.8 Å². The topological polar surface area (TPSA) is 82.1 Å².